The minimum atomic E-state index is -2.91. The third-order valence-corrected chi connectivity index (χ3v) is 5.49. The zero-order chi connectivity index (χ0) is 20.8. The summed E-state index contributed by atoms with van der Waals surface area (Å²) in [6, 6.07) is 7.44. The summed E-state index contributed by atoms with van der Waals surface area (Å²) >= 11 is 12.5. The number of nitrogens with two attached hydrogens (primary N) is 1. The van der Waals surface area contributed by atoms with Gasteiger partial charge in [0.25, 0.3) is 5.92 Å². The highest BCUT2D eigenvalue weighted by Crippen LogP contribution is 2.35. The highest BCUT2D eigenvalue weighted by Gasteiger charge is 2.42. The van der Waals surface area contributed by atoms with Gasteiger partial charge in [-0.05, 0) is 24.3 Å². The molecule has 0 unspecified atom stereocenters. The maximum Gasteiger partial charge on any atom is 0.266 e. The van der Waals surface area contributed by atoms with Crippen LogP contribution in [-0.2, 0) is 6.54 Å². The summed E-state index contributed by atoms with van der Waals surface area (Å²) < 4.78 is 29.6. The van der Waals surface area contributed by atoms with E-state index in [-0.39, 0.29) is 19.5 Å². The van der Waals surface area contributed by atoms with E-state index in [1.165, 1.54) is 6.20 Å². The van der Waals surface area contributed by atoms with Crippen LogP contribution in [-0.4, -0.2) is 39.6 Å². The van der Waals surface area contributed by atoms with Crippen molar-refractivity contribution in [3.63, 3.8) is 0 Å². The Morgan fingerprint density at radius 2 is 2.10 bits per heavy atom. The summed E-state index contributed by atoms with van der Waals surface area (Å²) in [6.07, 6.45) is 1.12. The summed E-state index contributed by atoms with van der Waals surface area (Å²) in [7, 11) is 0. The molecule has 0 amide bonds. The van der Waals surface area contributed by atoms with Crippen LogP contribution in [0.5, 0.6) is 0 Å². The number of alkyl halides is 2. The van der Waals surface area contributed by atoms with Gasteiger partial charge in [0.1, 0.15) is 11.6 Å². The number of hydrogen-bond donors (Lipinski definition) is 1. The molecule has 0 aliphatic carbocycles. The van der Waals surface area contributed by atoms with E-state index >= 15 is 0 Å². The zero-order valence-electron chi connectivity index (χ0n) is 15.1. The van der Waals surface area contributed by atoms with Gasteiger partial charge in [0.05, 0.1) is 34.4 Å². The fraction of sp³-hybridized carbons (Fsp3) is 0.316. The largest absolute Gasteiger partial charge is 0.340 e. The van der Waals surface area contributed by atoms with Gasteiger partial charge in [-0.25, -0.2) is 13.8 Å². The molecule has 1 aromatic carbocycles. The average molecular weight is 437 g/mol. The Bertz CT molecular complexity index is 1110. The molecule has 1 fully saturated rings. The molecule has 0 spiro atoms. The first-order valence-electron chi connectivity index (χ1n) is 8.87. The molecular formula is C19H16Cl2F2N6. The molecule has 0 saturated carbocycles. The highest BCUT2D eigenvalue weighted by atomic mass is 35.5. The van der Waals surface area contributed by atoms with Gasteiger partial charge in [-0.2, -0.15) is 5.26 Å². The van der Waals surface area contributed by atoms with Gasteiger partial charge in [-0.15, -0.1) is 0 Å². The molecule has 10 heteroatoms. The van der Waals surface area contributed by atoms with Gasteiger partial charge >= 0.3 is 0 Å². The standard InChI is InChI=1S/C19H16Cl2F2N6/c20-12-5-14(21)17-15(6-12)29(9-13-2-1-11(7-24)8-26-13)18(27-17)28-4-3-19(22,23)16(25)10-28/h1-2,5-6,8,16H,3-4,9-10,25H2/t16-/m1/s1. The maximum absolute atomic E-state index is 13.9. The van der Waals surface area contributed by atoms with Crippen molar-refractivity contribution in [2.75, 3.05) is 18.0 Å². The first-order chi connectivity index (χ1) is 13.8. The lowest BCUT2D eigenvalue weighted by molar-refractivity contribution is -0.0395. The van der Waals surface area contributed by atoms with Gasteiger partial charge in [0, 0.05) is 30.7 Å². The minimum absolute atomic E-state index is 0.0392. The number of benzene rings is 1. The van der Waals surface area contributed by atoms with Crippen molar-refractivity contribution in [3.05, 3.63) is 51.8 Å². The SMILES string of the molecule is N#Cc1ccc(Cn2c(N3CCC(F)(F)[C@H](N)C3)nc3c(Cl)cc(Cl)cc32)nc1. The van der Waals surface area contributed by atoms with Crippen molar-refractivity contribution >= 4 is 40.2 Å². The molecule has 0 bridgehead atoms. The van der Waals surface area contributed by atoms with E-state index in [0.717, 1.165) is 0 Å². The molecule has 2 N–H and O–H groups in total. The number of fused-ring (bicyclic) bond motifs is 1. The van der Waals surface area contributed by atoms with Crippen molar-refractivity contribution in [3.8, 4) is 6.07 Å². The van der Waals surface area contributed by atoms with E-state index in [4.69, 9.17) is 34.2 Å². The average Bonchev–Trinajstić information content (AvgIpc) is 3.03. The van der Waals surface area contributed by atoms with Crippen LogP contribution < -0.4 is 10.6 Å². The first kappa shape index (κ1) is 19.8. The Hall–Kier alpha value is -2.47. The van der Waals surface area contributed by atoms with E-state index in [0.29, 0.717) is 44.8 Å². The van der Waals surface area contributed by atoms with Crippen LogP contribution >= 0.6 is 23.2 Å². The van der Waals surface area contributed by atoms with Crippen molar-refractivity contribution in [1.82, 2.24) is 14.5 Å². The van der Waals surface area contributed by atoms with Crippen molar-refractivity contribution in [2.45, 2.75) is 24.9 Å². The van der Waals surface area contributed by atoms with Crippen LogP contribution in [0.4, 0.5) is 14.7 Å². The second-order valence-corrected chi connectivity index (χ2v) is 7.81. The molecule has 2 aromatic heterocycles. The van der Waals surface area contributed by atoms with E-state index in [1.807, 2.05) is 10.6 Å². The van der Waals surface area contributed by atoms with Gasteiger partial charge in [0.2, 0.25) is 5.95 Å². The molecule has 3 heterocycles. The quantitative estimate of drug-likeness (QED) is 0.674. The lowest BCUT2D eigenvalue weighted by Crippen LogP contribution is -2.55. The van der Waals surface area contributed by atoms with Gasteiger partial charge in [0.15, 0.2) is 0 Å². The van der Waals surface area contributed by atoms with Crippen molar-refractivity contribution < 1.29 is 8.78 Å². The Kier molecular flexibility index (Phi) is 5.07. The van der Waals surface area contributed by atoms with E-state index in [1.54, 1.807) is 29.2 Å². The Morgan fingerprint density at radius 1 is 1.31 bits per heavy atom. The summed E-state index contributed by atoms with van der Waals surface area (Å²) in [5.74, 6) is -2.44. The molecule has 4 rings (SSSR count). The number of rotatable bonds is 3. The van der Waals surface area contributed by atoms with Crippen LogP contribution in [0, 0.1) is 11.3 Å². The Balaban J connectivity index is 1.80. The molecular weight excluding hydrogens is 421 g/mol. The molecule has 1 atom stereocenters. The van der Waals surface area contributed by atoms with Gasteiger partial charge < -0.3 is 15.2 Å². The van der Waals surface area contributed by atoms with E-state index < -0.39 is 12.0 Å². The second kappa shape index (κ2) is 7.41. The predicted octanol–water partition coefficient (Wildman–Crippen LogP) is 3.83. The normalized spacial score (nSPS) is 18.8. The number of anilines is 1. The molecule has 6 nitrogen and oxygen atoms in total. The predicted molar refractivity (Wildman–Crippen MR) is 108 cm³/mol. The Morgan fingerprint density at radius 3 is 2.76 bits per heavy atom. The number of halogens is 4. The third-order valence-electron chi connectivity index (χ3n) is 4.98. The fourth-order valence-electron chi connectivity index (χ4n) is 3.39. The van der Waals surface area contributed by atoms with Crippen LogP contribution in [0.25, 0.3) is 11.0 Å². The summed E-state index contributed by atoms with van der Waals surface area (Å²) in [5.41, 5.74) is 8.00. The monoisotopic (exact) mass is 436 g/mol. The smallest absolute Gasteiger partial charge is 0.266 e. The van der Waals surface area contributed by atoms with Crippen LogP contribution in [0.2, 0.25) is 10.0 Å². The van der Waals surface area contributed by atoms with Crippen LogP contribution in [0.1, 0.15) is 17.7 Å². The topological polar surface area (TPSA) is 83.8 Å². The summed E-state index contributed by atoms with van der Waals surface area (Å²) in [6.45, 7) is 0.370. The number of nitriles is 1. The molecule has 0 radical (unpaired) electrons. The van der Waals surface area contributed by atoms with E-state index in [2.05, 4.69) is 9.97 Å². The molecule has 1 aliphatic rings. The number of nitrogens with zero attached hydrogens (tertiary/aromatic N) is 5. The molecule has 1 saturated heterocycles. The molecule has 150 valence electrons. The fourth-order valence-corrected chi connectivity index (χ4v) is 3.92. The summed E-state index contributed by atoms with van der Waals surface area (Å²) in [5, 5.41) is 9.76. The minimum Gasteiger partial charge on any atom is -0.340 e. The number of aromatic nitrogens is 3. The molecule has 3 aromatic rings. The number of imidazole rings is 1. The Labute approximate surface area is 175 Å². The highest BCUT2D eigenvalue weighted by molar-refractivity contribution is 6.38. The van der Waals surface area contributed by atoms with Crippen LogP contribution in [0.15, 0.2) is 30.5 Å². The number of piperidine rings is 1. The van der Waals surface area contributed by atoms with Crippen molar-refractivity contribution in [1.29, 1.82) is 5.26 Å². The lowest BCUT2D eigenvalue weighted by atomic mass is 10.0. The first-order valence-corrected chi connectivity index (χ1v) is 9.63. The van der Waals surface area contributed by atoms with Gasteiger partial charge in [-0.3, -0.25) is 4.98 Å². The van der Waals surface area contributed by atoms with Crippen LogP contribution in [0.3, 0.4) is 0 Å². The zero-order valence-corrected chi connectivity index (χ0v) is 16.6. The van der Waals surface area contributed by atoms with Gasteiger partial charge in [-0.1, -0.05) is 23.2 Å². The van der Waals surface area contributed by atoms with Crippen molar-refractivity contribution in [2.24, 2.45) is 5.73 Å². The maximum atomic E-state index is 13.9. The third kappa shape index (κ3) is 3.73. The second-order valence-electron chi connectivity index (χ2n) is 6.97. The van der Waals surface area contributed by atoms with E-state index in [9.17, 15) is 8.78 Å². The molecule has 1 aliphatic heterocycles. The molecule has 29 heavy (non-hydrogen) atoms. The lowest BCUT2D eigenvalue weighted by Gasteiger charge is -2.37. The summed E-state index contributed by atoms with van der Waals surface area (Å²) in [4.78, 5) is 10.6. The number of pyridine rings is 1. The number of hydrogen-bond acceptors (Lipinski definition) is 5.